The van der Waals surface area contributed by atoms with Crippen LogP contribution < -0.4 is 15.4 Å². The lowest BCUT2D eigenvalue weighted by atomic mass is 10.2. The van der Waals surface area contributed by atoms with Crippen LogP contribution in [0.25, 0.3) is 0 Å². The molecule has 3 rings (SSSR count). The van der Waals surface area contributed by atoms with Crippen molar-refractivity contribution < 1.29 is 13.9 Å². The van der Waals surface area contributed by atoms with E-state index in [1.807, 2.05) is 17.8 Å². The van der Waals surface area contributed by atoms with E-state index in [0.717, 1.165) is 23.6 Å². The number of pyridine rings is 1. The second-order valence-electron chi connectivity index (χ2n) is 5.77. The van der Waals surface area contributed by atoms with Crippen LogP contribution in [0.3, 0.4) is 0 Å². The summed E-state index contributed by atoms with van der Waals surface area (Å²) in [6.45, 7) is 1.39. The highest BCUT2D eigenvalue weighted by atomic mass is 35.5. The van der Waals surface area contributed by atoms with Gasteiger partial charge >= 0.3 is 0 Å². The van der Waals surface area contributed by atoms with Crippen LogP contribution in [-0.4, -0.2) is 35.0 Å². The largest absolute Gasteiger partial charge is 0.439 e. The summed E-state index contributed by atoms with van der Waals surface area (Å²) in [4.78, 5) is 16.2. The second-order valence-corrected chi connectivity index (χ2v) is 6.92. The quantitative estimate of drug-likeness (QED) is 0.728. The fourth-order valence-electron chi connectivity index (χ4n) is 2.45. The normalized spacial score (nSPS) is 15.8. The van der Waals surface area contributed by atoms with Crippen molar-refractivity contribution in [1.29, 1.82) is 0 Å². The number of nitrogens with one attached hydrogen (secondary N) is 2. The smallest absolute Gasteiger partial charge is 0.221 e. The molecule has 9 heteroatoms. The number of ether oxygens (including phenoxy) is 1. The average Bonchev–Trinajstić information content (AvgIpc) is 2.64. The maximum atomic E-state index is 12.9. The Kier molecular flexibility index (Phi) is 10.5. The Bertz CT molecular complexity index is 699. The number of hydrogen-bond acceptors (Lipinski definition) is 5. The van der Waals surface area contributed by atoms with Gasteiger partial charge in [0.2, 0.25) is 11.8 Å². The maximum absolute atomic E-state index is 12.9. The highest BCUT2D eigenvalue weighted by Crippen LogP contribution is 2.19. The van der Waals surface area contributed by atoms with Crippen LogP contribution >= 0.6 is 36.6 Å². The molecule has 1 aromatic heterocycles. The third-order valence-electron chi connectivity index (χ3n) is 3.75. The fraction of sp³-hybridized carbons (Fsp3) is 0.333. The molecule has 5 nitrogen and oxygen atoms in total. The summed E-state index contributed by atoms with van der Waals surface area (Å²) in [7, 11) is 0. The highest BCUT2D eigenvalue weighted by Gasteiger charge is 2.16. The molecule has 148 valence electrons. The van der Waals surface area contributed by atoms with E-state index >= 15 is 0 Å². The number of hydrogen-bond donors (Lipinski definition) is 2. The van der Waals surface area contributed by atoms with Crippen LogP contribution in [0, 0.1) is 5.82 Å². The molecule has 1 aliphatic heterocycles. The molecule has 2 aromatic rings. The third-order valence-corrected chi connectivity index (χ3v) is 4.88. The number of benzene rings is 1. The van der Waals surface area contributed by atoms with Gasteiger partial charge in [-0.2, -0.15) is 11.8 Å². The molecule has 2 N–H and O–H groups in total. The minimum Gasteiger partial charge on any atom is -0.439 e. The minimum absolute atomic E-state index is 0. The fourth-order valence-corrected chi connectivity index (χ4v) is 3.40. The Balaban J connectivity index is 0.00000182. The molecule has 27 heavy (non-hydrogen) atoms. The lowest BCUT2D eigenvalue weighted by Gasteiger charge is -2.22. The molecule has 1 fully saturated rings. The van der Waals surface area contributed by atoms with Crippen LogP contribution in [0.4, 0.5) is 4.39 Å². The summed E-state index contributed by atoms with van der Waals surface area (Å²) < 4.78 is 18.4. The molecule has 0 bridgehead atoms. The number of carbonyl (C=O) groups excluding carboxylic acids is 1. The number of amides is 1. The van der Waals surface area contributed by atoms with Crippen LogP contribution in [-0.2, 0) is 11.3 Å². The minimum atomic E-state index is -0.312. The Morgan fingerprint density at radius 3 is 2.67 bits per heavy atom. The summed E-state index contributed by atoms with van der Waals surface area (Å²) in [5, 5.41) is 6.26. The zero-order valence-electron chi connectivity index (χ0n) is 14.5. The van der Waals surface area contributed by atoms with E-state index in [2.05, 4.69) is 15.6 Å². The number of carbonyl (C=O) groups is 1. The van der Waals surface area contributed by atoms with Crippen molar-refractivity contribution >= 4 is 42.5 Å². The van der Waals surface area contributed by atoms with Gasteiger partial charge in [-0.25, -0.2) is 9.37 Å². The monoisotopic (exact) mass is 433 g/mol. The van der Waals surface area contributed by atoms with Gasteiger partial charge in [-0.05, 0) is 29.8 Å². The first-order chi connectivity index (χ1) is 12.2. The Hall–Kier alpha value is -1.54. The number of thioether (sulfide) groups is 1. The molecule has 1 unspecified atom stereocenters. The molecule has 0 spiro atoms. The molecular formula is C18H22Cl2FN3O2S. The van der Waals surface area contributed by atoms with Gasteiger partial charge < -0.3 is 15.4 Å². The van der Waals surface area contributed by atoms with E-state index in [9.17, 15) is 9.18 Å². The van der Waals surface area contributed by atoms with Gasteiger partial charge in [0.05, 0.1) is 0 Å². The summed E-state index contributed by atoms with van der Waals surface area (Å²) in [5.74, 6) is 2.75. The number of nitrogens with zero attached hydrogens (tertiary/aromatic N) is 1. The van der Waals surface area contributed by atoms with Crippen molar-refractivity contribution in [3.8, 4) is 11.6 Å². The zero-order valence-corrected chi connectivity index (χ0v) is 17.0. The number of rotatable bonds is 6. The van der Waals surface area contributed by atoms with Crippen LogP contribution in [0.15, 0.2) is 42.6 Å². The van der Waals surface area contributed by atoms with Crippen molar-refractivity contribution in [2.24, 2.45) is 0 Å². The molecule has 0 saturated carbocycles. The van der Waals surface area contributed by atoms with Gasteiger partial charge in [0.15, 0.2) is 0 Å². The summed E-state index contributed by atoms with van der Waals surface area (Å²) in [5.41, 5.74) is 0.894. The molecule has 0 radical (unpaired) electrons. The Morgan fingerprint density at radius 2 is 2.04 bits per heavy atom. The number of halogens is 3. The molecule has 2 heterocycles. The van der Waals surface area contributed by atoms with Gasteiger partial charge in [-0.3, -0.25) is 4.79 Å². The topological polar surface area (TPSA) is 63.2 Å². The van der Waals surface area contributed by atoms with E-state index in [0.29, 0.717) is 24.6 Å². The van der Waals surface area contributed by atoms with Crippen LogP contribution in [0.5, 0.6) is 11.6 Å². The van der Waals surface area contributed by atoms with Crippen molar-refractivity contribution in [3.05, 3.63) is 54.0 Å². The van der Waals surface area contributed by atoms with Gasteiger partial charge in [0.1, 0.15) is 11.6 Å². The van der Waals surface area contributed by atoms with E-state index < -0.39 is 0 Å². The highest BCUT2D eigenvalue weighted by molar-refractivity contribution is 7.99. The summed E-state index contributed by atoms with van der Waals surface area (Å²) in [6.07, 6.45) is 2.15. The molecule has 1 saturated heterocycles. The van der Waals surface area contributed by atoms with E-state index in [4.69, 9.17) is 4.74 Å². The molecular weight excluding hydrogens is 412 g/mol. The predicted octanol–water partition coefficient (Wildman–Crippen LogP) is 3.57. The van der Waals surface area contributed by atoms with Gasteiger partial charge in [-0.1, -0.05) is 6.07 Å². The first-order valence-electron chi connectivity index (χ1n) is 8.15. The van der Waals surface area contributed by atoms with Gasteiger partial charge in [0, 0.05) is 49.3 Å². The van der Waals surface area contributed by atoms with E-state index in [-0.39, 0.29) is 42.6 Å². The molecule has 0 aliphatic carbocycles. The van der Waals surface area contributed by atoms with Crippen LogP contribution in [0.1, 0.15) is 12.0 Å². The van der Waals surface area contributed by atoms with Crippen molar-refractivity contribution in [2.45, 2.75) is 19.0 Å². The van der Waals surface area contributed by atoms with Crippen LogP contribution in [0.2, 0.25) is 0 Å². The molecule has 1 amide bonds. The van der Waals surface area contributed by atoms with Gasteiger partial charge in [0.25, 0.3) is 0 Å². The lowest BCUT2D eigenvalue weighted by molar-refractivity contribution is -0.121. The average molecular weight is 434 g/mol. The first kappa shape index (κ1) is 23.5. The van der Waals surface area contributed by atoms with Crippen molar-refractivity contribution in [1.82, 2.24) is 15.6 Å². The first-order valence-corrected chi connectivity index (χ1v) is 9.31. The van der Waals surface area contributed by atoms with E-state index in [1.165, 1.54) is 12.1 Å². The summed E-state index contributed by atoms with van der Waals surface area (Å²) in [6, 6.07) is 9.58. The Labute approximate surface area is 174 Å². The van der Waals surface area contributed by atoms with Crippen molar-refractivity contribution in [3.63, 3.8) is 0 Å². The maximum Gasteiger partial charge on any atom is 0.221 e. The van der Waals surface area contributed by atoms with Crippen molar-refractivity contribution in [2.75, 3.05) is 18.1 Å². The SMILES string of the molecule is Cl.Cl.O=C(CC1CSCCN1)NCc1ccc(Oc2ccc(F)cc2)nc1. The summed E-state index contributed by atoms with van der Waals surface area (Å²) >= 11 is 1.88. The Morgan fingerprint density at radius 1 is 1.26 bits per heavy atom. The zero-order chi connectivity index (χ0) is 17.5. The molecule has 1 aromatic carbocycles. The predicted molar refractivity (Wildman–Crippen MR) is 111 cm³/mol. The van der Waals surface area contributed by atoms with Gasteiger partial charge in [-0.15, -0.1) is 24.8 Å². The lowest BCUT2D eigenvalue weighted by Crippen LogP contribution is -2.41. The number of aromatic nitrogens is 1. The molecule has 1 aliphatic rings. The van der Waals surface area contributed by atoms with E-state index in [1.54, 1.807) is 24.4 Å². The third kappa shape index (κ3) is 7.92. The standard InChI is InChI=1S/C18H20FN3O2S.2ClH/c19-14-2-4-16(5-3-14)24-18-6-1-13(11-22-18)10-21-17(23)9-15-12-25-8-7-20-15;;/h1-6,11,15,20H,7-10,12H2,(H,21,23);2*1H. The molecule has 1 atom stereocenters. The second kappa shape index (κ2) is 12.0.